The first-order valence-electron chi connectivity index (χ1n) is 6.37. The molecule has 0 spiro atoms. The molecular formula is C16H13Cl2FO2. The minimum atomic E-state index is -0.921. The van der Waals surface area contributed by atoms with Crippen molar-refractivity contribution < 1.29 is 14.3 Å². The van der Waals surface area contributed by atoms with E-state index in [1.54, 1.807) is 18.2 Å². The molecule has 0 heterocycles. The van der Waals surface area contributed by atoms with Crippen LogP contribution in [0.25, 0.3) is 0 Å². The van der Waals surface area contributed by atoms with Crippen molar-refractivity contribution in [2.75, 3.05) is 0 Å². The second-order valence-corrected chi connectivity index (χ2v) is 5.65. The van der Waals surface area contributed by atoms with Crippen LogP contribution in [0.1, 0.15) is 11.1 Å². The fraction of sp³-hybridized carbons (Fsp3) is 0.188. The van der Waals surface area contributed by atoms with Gasteiger partial charge in [-0.2, -0.15) is 0 Å². The standard InChI is InChI=1S/C16H13Cl2FO2/c17-13-3-1-2-10(7-13)6-12(16(20)21)8-11-4-5-14(19)9-15(11)18/h1-5,7,9,12H,6,8H2,(H,20,21). The maximum atomic E-state index is 13.0. The van der Waals surface area contributed by atoms with E-state index >= 15 is 0 Å². The van der Waals surface area contributed by atoms with E-state index in [9.17, 15) is 14.3 Å². The van der Waals surface area contributed by atoms with Gasteiger partial charge >= 0.3 is 5.97 Å². The highest BCUT2D eigenvalue weighted by Gasteiger charge is 2.20. The third kappa shape index (κ3) is 4.45. The third-order valence-corrected chi connectivity index (χ3v) is 3.79. The Morgan fingerprint density at radius 2 is 1.90 bits per heavy atom. The first-order chi connectivity index (χ1) is 9.95. The quantitative estimate of drug-likeness (QED) is 0.870. The molecule has 1 unspecified atom stereocenters. The van der Waals surface area contributed by atoms with Gasteiger partial charge in [0.15, 0.2) is 0 Å². The van der Waals surface area contributed by atoms with Crippen LogP contribution in [0.2, 0.25) is 10.0 Å². The summed E-state index contributed by atoms with van der Waals surface area (Å²) in [6.45, 7) is 0. The molecule has 0 bridgehead atoms. The zero-order valence-corrected chi connectivity index (χ0v) is 12.5. The highest BCUT2D eigenvalue weighted by molar-refractivity contribution is 6.31. The Kier molecular flexibility index (Phi) is 5.21. The molecule has 2 rings (SSSR count). The number of carbonyl (C=O) groups is 1. The number of benzene rings is 2. The summed E-state index contributed by atoms with van der Waals surface area (Å²) in [5.74, 6) is -2.01. The summed E-state index contributed by atoms with van der Waals surface area (Å²) in [4.78, 5) is 11.4. The number of halogens is 3. The molecule has 110 valence electrons. The third-order valence-electron chi connectivity index (χ3n) is 3.20. The lowest BCUT2D eigenvalue weighted by Crippen LogP contribution is -2.19. The normalized spacial score (nSPS) is 12.1. The predicted molar refractivity (Wildman–Crippen MR) is 81.4 cm³/mol. The zero-order valence-electron chi connectivity index (χ0n) is 11.0. The van der Waals surface area contributed by atoms with E-state index in [-0.39, 0.29) is 11.4 Å². The molecule has 0 saturated carbocycles. The maximum absolute atomic E-state index is 13.0. The minimum absolute atomic E-state index is 0.237. The fourth-order valence-corrected chi connectivity index (χ4v) is 2.61. The van der Waals surface area contributed by atoms with Crippen LogP contribution in [0, 0.1) is 11.7 Å². The number of carboxylic acid groups (broad SMARTS) is 1. The monoisotopic (exact) mass is 326 g/mol. The summed E-state index contributed by atoms with van der Waals surface area (Å²) < 4.78 is 13.0. The molecule has 0 aliphatic heterocycles. The van der Waals surface area contributed by atoms with Gasteiger partial charge in [-0.3, -0.25) is 4.79 Å². The number of rotatable bonds is 5. The van der Waals surface area contributed by atoms with Crippen LogP contribution < -0.4 is 0 Å². The van der Waals surface area contributed by atoms with Gasteiger partial charge in [0, 0.05) is 10.0 Å². The Balaban J connectivity index is 2.18. The van der Waals surface area contributed by atoms with E-state index < -0.39 is 17.7 Å². The number of carboxylic acids is 1. The van der Waals surface area contributed by atoms with Gasteiger partial charge in [-0.15, -0.1) is 0 Å². The largest absolute Gasteiger partial charge is 0.481 e. The van der Waals surface area contributed by atoms with Crippen molar-refractivity contribution in [1.82, 2.24) is 0 Å². The summed E-state index contributed by atoms with van der Waals surface area (Å²) >= 11 is 11.9. The maximum Gasteiger partial charge on any atom is 0.307 e. The molecule has 0 aromatic heterocycles. The van der Waals surface area contributed by atoms with Crippen LogP contribution in [-0.2, 0) is 17.6 Å². The number of hydrogen-bond acceptors (Lipinski definition) is 1. The van der Waals surface area contributed by atoms with Crippen molar-refractivity contribution in [3.05, 3.63) is 69.5 Å². The second kappa shape index (κ2) is 6.92. The predicted octanol–water partition coefficient (Wildman–Crippen LogP) is 4.62. The lowest BCUT2D eigenvalue weighted by Gasteiger charge is -2.14. The highest BCUT2D eigenvalue weighted by atomic mass is 35.5. The highest BCUT2D eigenvalue weighted by Crippen LogP contribution is 2.23. The molecule has 21 heavy (non-hydrogen) atoms. The first-order valence-corrected chi connectivity index (χ1v) is 7.12. The fourth-order valence-electron chi connectivity index (χ4n) is 2.15. The van der Waals surface area contributed by atoms with Crippen molar-refractivity contribution in [2.45, 2.75) is 12.8 Å². The van der Waals surface area contributed by atoms with Crippen LogP contribution in [0.4, 0.5) is 4.39 Å². The number of hydrogen-bond donors (Lipinski definition) is 1. The molecule has 1 N–H and O–H groups in total. The van der Waals surface area contributed by atoms with Crippen molar-refractivity contribution in [1.29, 1.82) is 0 Å². The molecule has 0 saturated heterocycles. The SMILES string of the molecule is O=C(O)C(Cc1cccc(Cl)c1)Cc1ccc(F)cc1Cl. The van der Waals surface area contributed by atoms with Gasteiger partial charge in [-0.25, -0.2) is 4.39 Å². The molecule has 5 heteroatoms. The van der Waals surface area contributed by atoms with Gasteiger partial charge in [0.25, 0.3) is 0 Å². The van der Waals surface area contributed by atoms with Gasteiger partial charge in [0.2, 0.25) is 0 Å². The summed E-state index contributed by atoms with van der Waals surface area (Å²) in [5.41, 5.74) is 1.46. The van der Waals surface area contributed by atoms with Crippen molar-refractivity contribution >= 4 is 29.2 Å². The lowest BCUT2D eigenvalue weighted by atomic mass is 9.92. The van der Waals surface area contributed by atoms with Gasteiger partial charge < -0.3 is 5.11 Å². The zero-order chi connectivity index (χ0) is 15.4. The Morgan fingerprint density at radius 3 is 2.52 bits per heavy atom. The summed E-state index contributed by atoms with van der Waals surface area (Å²) in [7, 11) is 0. The Morgan fingerprint density at radius 1 is 1.14 bits per heavy atom. The molecule has 0 amide bonds. The minimum Gasteiger partial charge on any atom is -0.481 e. The summed E-state index contributed by atoms with van der Waals surface area (Å²) in [6.07, 6.45) is 0.574. The van der Waals surface area contributed by atoms with E-state index in [4.69, 9.17) is 23.2 Å². The Bertz CT molecular complexity index is 658. The molecule has 0 aliphatic rings. The van der Waals surface area contributed by atoms with E-state index in [1.165, 1.54) is 18.2 Å². The number of aliphatic carboxylic acids is 1. The Labute approximate surface area is 132 Å². The molecule has 0 fully saturated rings. The summed E-state index contributed by atoms with van der Waals surface area (Å²) in [6, 6.07) is 11.1. The second-order valence-electron chi connectivity index (χ2n) is 4.81. The molecule has 2 aromatic carbocycles. The van der Waals surface area contributed by atoms with Crippen LogP contribution in [-0.4, -0.2) is 11.1 Å². The molecule has 1 atom stereocenters. The van der Waals surface area contributed by atoms with Crippen LogP contribution in [0.15, 0.2) is 42.5 Å². The molecular weight excluding hydrogens is 314 g/mol. The molecule has 2 nitrogen and oxygen atoms in total. The first kappa shape index (κ1) is 15.8. The Hall–Kier alpha value is -1.58. The van der Waals surface area contributed by atoms with E-state index in [0.29, 0.717) is 17.0 Å². The van der Waals surface area contributed by atoms with E-state index in [0.717, 1.165) is 5.56 Å². The van der Waals surface area contributed by atoms with E-state index in [1.807, 2.05) is 6.07 Å². The van der Waals surface area contributed by atoms with Crippen LogP contribution >= 0.6 is 23.2 Å². The van der Waals surface area contributed by atoms with Gasteiger partial charge in [-0.05, 0) is 48.2 Å². The smallest absolute Gasteiger partial charge is 0.307 e. The molecule has 0 radical (unpaired) electrons. The van der Waals surface area contributed by atoms with Gasteiger partial charge in [0.05, 0.1) is 5.92 Å². The van der Waals surface area contributed by atoms with Crippen molar-refractivity contribution in [2.24, 2.45) is 5.92 Å². The average Bonchev–Trinajstić information content (AvgIpc) is 2.40. The van der Waals surface area contributed by atoms with Crippen LogP contribution in [0.3, 0.4) is 0 Å². The van der Waals surface area contributed by atoms with Crippen molar-refractivity contribution in [3.63, 3.8) is 0 Å². The summed E-state index contributed by atoms with van der Waals surface area (Å²) in [5, 5.41) is 10.2. The van der Waals surface area contributed by atoms with E-state index in [2.05, 4.69) is 0 Å². The molecule has 2 aromatic rings. The van der Waals surface area contributed by atoms with Gasteiger partial charge in [-0.1, -0.05) is 41.4 Å². The van der Waals surface area contributed by atoms with Gasteiger partial charge in [0.1, 0.15) is 5.82 Å². The lowest BCUT2D eigenvalue weighted by molar-refractivity contribution is -0.141. The van der Waals surface area contributed by atoms with Crippen LogP contribution in [0.5, 0.6) is 0 Å². The molecule has 0 aliphatic carbocycles. The van der Waals surface area contributed by atoms with Crippen molar-refractivity contribution in [3.8, 4) is 0 Å². The topological polar surface area (TPSA) is 37.3 Å². The average molecular weight is 327 g/mol.